The number of benzene rings is 1. The van der Waals surface area contributed by atoms with Crippen LogP contribution in [-0.4, -0.2) is 33.7 Å². The molecule has 3 aromatic rings. The highest BCUT2D eigenvalue weighted by Gasteiger charge is 2.31. The van der Waals surface area contributed by atoms with Gasteiger partial charge in [-0.2, -0.15) is 13.2 Å². The average molecular weight is 378 g/mol. The van der Waals surface area contributed by atoms with Crippen LogP contribution >= 0.6 is 0 Å². The molecule has 27 heavy (non-hydrogen) atoms. The highest BCUT2D eigenvalue weighted by molar-refractivity contribution is 5.94. The molecule has 140 valence electrons. The number of carbonyl (C=O) groups is 1. The predicted octanol–water partition coefficient (Wildman–Crippen LogP) is 2.45. The number of aromatic nitrogens is 3. The van der Waals surface area contributed by atoms with E-state index in [9.17, 15) is 18.0 Å². The Morgan fingerprint density at radius 3 is 2.67 bits per heavy atom. The average Bonchev–Trinajstić information content (AvgIpc) is 3.07. The largest absolute Gasteiger partial charge is 0.486 e. The number of fused-ring (bicyclic) bond motifs is 2. The van der Waals surface area contributed by atoms with Gasteiger partial charge in [-0.15, -0.1) is 10.2 Å². The smallest absolute Gasteiger partial charge is 0.417 e. The molecule has 7 nitrogen and oxygen atoms in total. The van der Waals surface area contributed by atoms with Gasteiger partial charge in [0.05, 0.1) is 12.1 Å². The van der Waals surface area contributed by atoms with E-state index in [0.29, 0.717) is 30.3 Å². The predicted molar refractivity (Wildman–Crippen MR) is 86.6 cm³/mol. The van der Waals surface area contributed by atoms with Gasteiger partial charge in [0.15, 0.2) is 23.0 Å². The summed E-state index contributed by atoms with van der Waals surface area (Å²) >= 11 is 0. The highest BCUT2D eigenvalue weighted by atomic mass is 19.4. The maximum absolute atomic E-state index is 12.9. The lowest BCUT2D eigenvalue weighted by Gasteiger charge is -2.18. The van der Waals surface area contributed by atoms with Gasteiger partial charge in [0, 0.05) is 11.8 Å². The second-order valence-electron chi connectivity index (χ2n) is 5.80. The summed E-state index contributed by atoms with van der Waals surface area (Å²) in [7, 11) is 0. The molecule has 1 amide bonds. The van der Waals surface area contributed by atoms with E-state index in [1.807, 2.05) is 0 Å². The topological polar surface area (TPSA) is 77.8 Å². The zero-order chi connectivity index (χ0) is 19.0. The number of ether oxygens (including phenoxy) is 2. The maximum Gasteiger partial charge on any atom is 0.417 e. The zero-order valence-electron chi connectivity index (χ0n) is 13.8. The molecule has 0 fully saturated rings. The second kappa shape index (κ2) is 6.45. The SMILES string of the molecule is O=C(NCc1nnc2ccc(C(F)(F)F)cn12)c1ccc2c(c1)OCCO2. The summed E-state index contributed by atoms with van der Waals surface area (Å²) in [5, 5.41) is 10.3. The third-order valence-corrected chi connectivity index (χ3v) is 4.01. The van der Waals surface area contributed by atoms with E-state index in [1.165, 1.54) is 10.5 Å². The van der Waals surface area contributed by atoms with Crippen molar-refractivity contribution in [3.63, 3.8) is 0 Å². The van der Waals surface area contributed by atoms with E-state index in [4.69, 9.17) is 9.47 Å². The number of rotatable bonds is 3. The summed E-state index contributed by atoms with van der Waals surface area (Å²) in [4.78, 5) is 12.3. The Labute approximate surface area is 150 Å². The Hall–Kier alpha value is -3.30. The van der Waals surface area contributed by atoms with Crippen molar-refractivity contribution in [3.05, 3.63) is 53.5 Å². The normalized spacial score (nSPS) is 13.6. The number of nitrogens with one attached hydrogen (secondary N) is 1. The summed E-state index contributed by atoms with van der Waals surface area (Å²) in [6.07, 6.45) is -3.58. The molecule has 0 saturated carbocycles. The van der Waals surface area contributed by atoms with Gasteiger partial charge < -0.3 is 14.8 Å². The molecule has 1 N–H and O–H groups in total. The first-order valence-electron chi connectivity index (χ1n) is 8.00. The minimum atomic E-state index is -4.48. The van der Waals surface area contributed by atoms with Crippen LogP contribution in [0.2, 0.25) is 0 Å². The number of nitrogens with zero attached hydrogens (tertiary/aromatic N) is 3. The number of pyridine rings is 1. The molecule has 1 aliphatic rings. The second-order valence-corrected chi connectivity index (χ2v) is 5.80. The number of hydrogen-bond acceptors (Lipinski definition) is 5. The van der Waals surface area contributed by atoms with Gasteiger partial charge in [0.2, 0.25) is 0 Å². The van der Waals surface area contributed by atoms with Crippen molar-refractivity contribution in [2.75, 3.05) is 13.2 Å². The highest BCUT2D eigenvalue weighted by Crippen LogP contribution is 2.31. The molecule has 2 aromatic heterocycles. The van der Waals surface area contributed by atoms with Crippen LogP contribution in [0.25, 0.3) is 5.65 Å². The fourth-order valence-corrected chi connectivity index (χ4v) is 2.67. The molecule has 1 aliphatic heterocycles. The van der Waals surface area contributed by atoms with Gasteiger partial charge in [-0.3, -0.25) is 9.20 Å². The first kappa shape index (κ1) is 17.1. The molecule has 1 aromatic carbocycles. The maximum atomic E-state index is 12.9. The molecule has 0 spiro atoms. The van der Waals surface area contributed by atoms with Crippen molar-refractivity contribution in [1.29, 1.82) is 0 Å². The Bertz CT molecular complexity index is 1020. The van der Waals surface area contributed by atoms with Crippen LogP contribution in [0.5, 0.6) is 11.5 Å². The molecule has 10 heteroatoms. The molecular formula is C17H13F3N4O3. The number of amides is 1. The fraction of sp³-hybridized carbons (Fsp3) is 0.235. The summed E-state index contributed by atoms with van der Waals surface area (Å²) in [6.45, 7) is 0.750. The van der Waals surface area contributed by atoms with Crippen molar-refractivity contribution in [3.8, 4) is 11.5 Å². The third-order valence-electron chi connectivity index (χ3n) is 4.01. The standard InChI is InChI=1S/C17H13F3N4O3/c18-17(19,20)11-2-4-14-22-23-15(24(14)9-11)8-21-16(25)10-1-3-12-13(7-10)27-6-5-26-12/h1-4,7,9H,5-6,8H2,(H,21,25). The Balaban J connectivity index is 1.52. The van der Waals surface area contributed by atoms with Crippen molar-refractivity contribution < 1.29 is 27.4 Å². The molecule has 0 radical (unpaired) electrons. The third kappa shape index (κ3) is 3.37. The lowest BCUT2D eigenvalue weighted by Crippen LogP contribution is -2.24. The quantitative estimate of drug-likeness (QED) is 0.758. The van der Waals surface area contributed by atoms with E-state index in [1.54, 1.807) is 18.2 Å². The van der Waals surface area contributed by atoms with Crippen molar-refractivity contribution >= 4 is 11.6 Å². The molecule has 0 atom stereocenters. The van der Waals surface area contributed by atoms with Crippen LogP contribution in [0.4, 0.5) is 13.2 Å². The summed E-state index contributed by atoms with van der Waals surface area (Å²) in [5.41, 5.74) is -0.232. The van der Waals surface area contributed by atoms with Crippen LogP contribution in [-0.2, 0) is 12.7 Å². The van der Waals surface area contributed by atoms with Gasteiger partial charge in [-0.1, -0.05) is 0 Å². The van der Waals surface area contributed by atoms with Crippen molar-refractivity contribution in [2.45, 2.75) is 12.7 Å². The minimum absolute atomic E-state index is 0.0875. The Morgan fingerprint density at radius 2 is 1.89 bits per heavy atom. The van der Waals surface area contributed by atoms with Crippen LogP contribution in [0.1, 0.15) is 21.7 Å². The van der Waals surface area contributed by atoms with E-state index in [2.05, 4.69) is 15.5 Å². The fourth-order valence-electron chi connectivity index (χ4n) is 2.67. The van der Waals surface area contributed by atoms with Gasteiger partial charge in [0.25, 0.3) is 5.91 Å². The lowest BCUT2D eigenvalue weighted by molar-refractivity contribution is -0.137. The van der Waals surface area contributed by atoms with Crippen LogP contribution in [0.3, 0.4) is 0 Å². The Kier molecular flexibility index (Phi) is 4.09. The minimum Gasteiger partial charge on any atom is -0.486 e. The number of carbonyl (C=O) groups excluding carboxylic acids is 1. The van der Waals surface area contributed by atoms with E-state index < -0.39 is 17.6 Å². The summed E-state index contributed by atoms with van der Waals surface area (Å²) in [6, 6.07) is 6.91. The number of halogens is 3. The monoisotopic (exact) mass is 378 g/mol. The van der Waals surface area contributed by atoms with Crippen molar-refractivity contribution in [2.24, 2.45) is 0 Å². The Morgan fingerprint density at radius 1 is 1.11 bits per heavy atom. The van der Waals surface area contributed by atoms with Gasteiger partial charge >= 0.3 is 6.18 Å². The molecule has 0 unspecified atom stereocenters. The van der Waals surface area contributed by atoms with Crippen LogP contribution < -0.4 is 14.8 Å². The van der Waals surface area contributed by atoms with Gasteiger partial charge in [-0.25, -0.2) is 0 Å². The number of alkyl halides is 3. The van der Waals surface area contributed by atoms with Gasteiger partial charge in [-0.05, 0) is 30.3 Å². The molecule has 3 heterocycles. The number of hydrogen-bond donors (Lipinski definition) is 1. The first-order valence-corrected chi connectivity index (χ1v) is 8.00. The van der Waals surface area contributed by atoms with E-state index in [0.717, 1.165) is 12.3 Å². The molecule has 0 saturated heterocycles. The molecule has 4 rings (SSSR count). The lowest BCUT2D eigenvalue weighted by atomic mass is 10.2. The van der Waals surface area contributed by atoms with Gasteiger partial charge in [0.1, 0.15) is 13.2 Å². The van der Waals surface area contributed by atoms with E-state index in [-0.39, 0.29) is 18.0 Å². The summed E-state index contributed by atoms with van der Waals surface area (Å²) < 4.78 is 50.7. The van der Waals surface area contributed by atoms with E-state index >= 15 is 0 Å². The first-order chi connectivity index (χ1) is 12.9. The summed E-state index contributed by atoms with van der Waals surface area (Å²) in [5.74, 6) is 0.787. The van der Waals surface area contributed by atoms with Crippen LogP contribution in [0.15, 0.2) is 36.5 Å². The van der Waals surface area contributed by atoms with Crippen molar-refractivity contribution in [1.82, 2.24) is 19.9 Å². The molecule has 0 aliphatic carbocycles. The molecule has 0 bridgehead atoms. The molecular weight excluding hydrogens is 365 g/mol. The zero-order valence-corrected chi connectivity index (χ0v) is 13.8. The van der Waals surface area contributed by atoms with Crippen LogP contribution in [0, 0.1) is 0 Å².